The molecule has 0 aromatic heterocycles. The van der Waals surface area contributed by atoms with Crippen molar-refractivity contribution >= 4 is 21.6 Å². The molecule has 6 nitrogen and oxygen atoms in total. The number of ether oxygens (including phenoxy) is 1. The van der Waals surface area contributed by atoms with Gasteiger partial charge in [0, 0.05) is 6.54 Å². The van der Waals surface area contributed by atoms with Gasteiger partial charge in [-0.15, -0.1) is 0 Å². The van der Waals surface area contributed by atoms with E-state index in [1.165, 1.54) is 18.2 Å². The quantitative estimate of drug-likeness (QED) is 0.866. The van der Waals surface area contributed by atoms with E-state index in [1.54, 1.807) is 24.3 Å². The Balaban J connectivity index is 2.00. The second kappa shape index (κ2) is 7.33. The molecule has 3 rings (SSSR count). The lowest BCUT2D eigenvalue weighted by molar-refractivity contribution is -0.127. The summed E-state index contributed by atoms with van der Waals surface area (Å²) in [6.07, 6.45) is -0.236. The lowest BCUT2D eigenvalue weighted by atomic mass is 10.2. The summed E-state index contributed by atoms with van der Waals surface area (Å²) in [7, 11) is -4.05. The minimum absolute atomic E-state index is 0.179. The molecule has 0 bridgehead atoms. The van der Waals surface area contributed by atoms with E-state index in [9.17, 15) is 17.6 Å². The zero-order valence-electron chi connectivity index (χ0n) is 14.2. The highest BCUT2D eigenvalue weighted by molar-refractivity contribution is 7.92. The van der Waals surface area contributed by atoms with Gasteiger partial charge in [0.2, 0.25) is 0 Å². The summed E-state index contributed by atoms with van der Waals surface area (Å²) < 4.78 is 46.4. The fourth-order valence-corrected chi connectivity index (χ4v) is 4.19. The molecule has 1 heterocycles. The minimum Gasteiger partial charge on any atom is -0.476 e. The molecular weight excluding hydrogens is 359 g/mol. The molecule has 2 aromatic carbocycles. The lowest BCUT2D eigenvalue weighted by Gasteiger charge is -2.34. The first kappa shape index (κ1) is 18.2. The number of para-hydroxylation sites is 2. The maximum Gasteiger partial charge on any atom is 0.264 e. The van der Waals surface area contributed by atoms with E-state index in [-0.39, 0.29) is 23.1 Å². The molecule has 0 aliphatic carbocycles. The molecule has 8 heteroatoms. The Hall–Kier alpha value is -2.61. The van der Waals surface area contributed by atoms with Crippen molar-refractivity contribution in [2.45, 2.75) is 24.3 Å². The van der Waals surface area contributed by atoms with Crippen LogP contribution in [0.25, 0.3) is 0 Å². The molecule has 138 valence electrons. The Morgan fingerprint density at radius 2 is 2.04 bits per heavy atom. The van der Waals surface area contributed by atoms with Gasteiger partial charge < -0.3 is 10.1 Å². The van der Waals surface area contributed by atoms with Crippen LogP contribution < -0.4 is 14.4 Å². The largest absolute Gasteiger partial charge is 0.476 e. The Morgan fingerprint density at radius 3 is 2.77 bits per heavy atom. The summed E-state index contributed by atoms with van der Waals surface area (Å²) >= 11 is 0. The number of hydrogen-bond donors (Lipinski definition) is 1. The number of hydrogen-bond acceptors (Lipinski definition) is 4. The van der Waals surface area contributed by atoms with Gasteiger partial charge in [-0.25, -0.2) is 12.8 Å². The van der Waals surface area contributed by atoms with Crippen LogP contribution >= 0.6 is 0 Å². The monoisotopic (exact) mass is 378 g/mol. The Morgan fingerprint density at radius 1 is 1.27 bits per heavy atom. The van der Waals surface area contributed by atoms with Crippen molar-refractivity contribution in [3.8, 4) is 5.75 Å². The van der Waals surface area contributed by atoms with Gasteiger partial charge in [0.15, 0.2) is 6.10 Å². The van der Waals surface area contributed by atoms with Crippen LogP contribution in [0.5, 0.6) is 5.75 Å². The third kappa shape index (κ3) is 3.50. The number of amides is 1. The van der Waals surface area contributed by atoms with E-state index in [1.807, 2.05) is 6.92 Å². The third-order valence-corrected chi connectivity index (χ3v) is 5.74. The zero-order valence-corrected chi connectivity index (χ0v) is 15.0. The number of benzene rings is 2. The number of nitrogens with zero attached hydrogens (tertiary/aromatic N) is 1. The SMILES string of the molecule is CCCNC(=O)C1CN(S(=O)(=O)c2cccc(F)c2)c2ccccc2O1. The normalized spacial score (nSPS) is 16.5. The number of rotatable bonds is 5. The number of fused-ring (bicyclic) bond motifs is 1. The van der Waals surface area contributed by atoms with Gasteiger partial charge in [-0.05, 0) is 36.8 Å². The van der Waals surface area contributed by atoms with Crippen molar-refractivity contribution in [2.75, 3.05) is 17.4 Å². The second-order valence-electron chi connectivity index (χ2n) is 5.86. The van der Waals surface area contributed by atoms with E-state index in [2.05, 4.69) is 5.32 Å². The molecule has 1 atom stereocenters. The molecule has 1 amide bonds. The minimum atomic E-state index is -4.05. The van der Waals surface area contributed by atoms with Gasteiger partial charge in [0.05, 0.1) is 17.1 Å². The first-order valence-corrected chi connectivity index (χ1v) is 9.69. The summed E-state index contributed by atoms with van der Waals surface area (Å²) in [5.41, 5.74) is 0.316. The number of nitrogens with one attached hydrogen (secondary N) is 1. The standard InChI is InChI=1S/C18H19FN2O4S/c1-2-10-20-18(22)17-12-21(15-8-3-4-9-16(15)25-17)26(23,24)14-7-5-6-13(19)11-14/h3-9,11,17H,2,10,12H2,1H3,(H,20,22). The van der Waals surface area contributed by atoms with E-state index in [0.29, 0.717) is 12.2 Å². The Kier molecular flexibility index (Phi) is 5.13. The highest BCUT2D eigenvalue weighted by atomic mass is 32.2. The molecule has 0 radical (unpaired) electrons. The number of carbonyl (C=O) groups excluding carboxylic acids is 1. The Bertz CT molecular complexity index is 917. The van der Waals surface area contributed by atoms with E-state index < -0.39 is 21.9 Å². The number of anilines is 1. The predicted octanol–water partition coefficient (Wildman–Crippen LogP) is 2.31. The van der Waals surface area contributed by atoms with E-state index in [0.717, 1.165) is 16.8 Å². The fourth-order valence-electron chi connectivity index (χ4n) is 2.68. The predicted molar refractivity (Wildman–Crippen MR) is 95.1 cm³/mol. The zero-order chi connectivity index (χ0) is 18.7. The van der Waals surface area contributed by atoms with E-state index in [4.69, 9.17) is 4.74 Å². The van der Waals surface area contributed by atoms with Crippen LogP contribution in [0.3, 0.4) is 0 Å². The molecule has 0 saturated carbocycles. The first-order valence-electron chi connectivity index (χ1n) is 8.25. The van der Waals surface area contributed by atoms with Crippen LogP contribution in [0.2, 0.25) is 0 Å². The maximum absolute atomic E-state index is 13.5. The molecule has 1 aliphatic rings. The van der Waals surface area contributed by atoms with Crippen molar-refractivity contribution in [1.82, 2.24) is 5.32 Å². The summed E-state index contributed by atoms with van der Waals surface area (Å²) in [5, 5.41) is 2.71. The molecule has 2 aromatic rings. The van der Waals surface area contributed by atoms with Gasteiger partial charge in [-0.3, -0.25) is 9.10 Å². The van der Waals surface area contributed by atoms with Crippen LogP contribution in [0.15, 0.2) is 53.4 Å². The van der Waals surface area contributed by atoms with Crippen molar-refractivity contribution < 1.29 is 22.3 Å². The van der Waals surface area contributed by atoms with Gasteiger partial charge in [0.25, 0.3) is 15.9 Å². The molecule has 1 aliphatic heterocycles. The highest BCUT2D eigenvalue weighted by Gasteiger charge is 2.37. The molecule has 26 heavy (non-hydrogen) atoms. The van der Waals surface area contributed by atoms with Crippen LogP contribution in [0.4, 0.5) is 10.1 Å². The van der Waals surface area contributed by atoms with Crippen LogP contribution in [0, 0.1) is 5.82 Å². The first-order chi connectivity index (χ1) is 12.4. The van der Waals surface area contributed by atoms with E-state index >= 15 is 0 Å². The third-order valence-electron chi connectivity index (χ3n) is 3.96. The van der Waals surface area contributed by atoms with Crippen molar-refractivity contribution in [3.63, 3.8) is 0 Å². The van der Waals surface area contributed by atoms with Gasteiger partial charge >= 0.3 is 0 Å². The molecule has 1 unspecified atom stereocenters. The summed E-state index contributed by atoms with van der Waals surface area (Å²) in [4.78, 5) is 12.1. The summed E-state index contributed by atoms with van der Waals surface area (Å²) in [6.45, 7) is 2.19. The average molecular weight is 378 g/mol. The second-order valence-corrected chi connectivity index (χ2v) is 7.72. The fraction of sp³-hybridized carbons (Fsp3) is 0.278. The smallest absolute Gasteiger partial charge is 0.264 e. The number of sulfonamides is 1. The van der Waals surface area contributed by atoms with Crippen LogP contribution in [-0.4, -0.2) is 33.5 Å². The molecule has 0 spiro atoms. The molecule has 0 fully saturated rings. The summed E-state index contributed by atoms with van der Waals surface area (Å²) in [6, 6.07) is 11.3. The maximum atomic E-state index is 13.5. The van der Waals surface area contributed by atoms with Crippen LogP contribution in [-0.2, 0) is 14.8 Å². The Labute approximate surface area is 151 Å². The summed E-state index contributed by atoms with van der Waals surface area (Å²) in [5.74, 6) is -0.749. The number of halogens is 1. The van der Waals surface area contributed by atoms with Gasteiger partial charge in [0.1, 0.15) is 11.6 Å². The van der Waals surface area contributed by atoms with Gasteiger partial charge in [-0.1, -0.05) is 25.1 Å². The molecular formula is C18H19FN2O4S. The number of carbonyl (C=O) groups is 1. The average Bonchev–Trinajstić information content (AvgIpc) is 2.65. The lowest BCUT2D eigenvalue weighted by Crippen LogP contribution is -2.50. The van der Waals surface area contributed by atoms with Crippen molar-refractivity contribution in [1.29, 1.82) is 0 Å². The van der Waals surface area contributed by atoms with Crippen LogP contribution in [0.1, 0.15) is 13.3 Å². The highest BCUT2D eigenvalue weighted by Crippen LogP contribution is 2.36. The topological polar surface area (TPSA) is 75.7 Å². The molecule has 0 saturated heterocycles. The van der Waals surface area contributed by atoms with Crippen molar-refractivity contribution in [2.24, 2.45) is 0 Å². The van der Waals surface area contributed by atoms with Crippen molar-refractivity contribution in [3.05, 3.63) is 54.3 Å². The van der Waals surface area contributed by atoms with Gasteiger partial charge in [-0.2, -0.15) is 0 Å². The molecule has 1 N–H and O–H groups in total.